The Morgan fingerprint density at radius 2 is 1.82 bits per heavy atom. The number of aliphatic imine (C=N–C) groups is 1. The van der Waals surface area contributed by atoms with Gasteiger partial charge >= 0.3 is 5.97 Å². The average molecular weight is 566 g/mol. The molecular formula is C29H28ClN3O5S. The molecule has 4 rings (SSSR count). The summed E-state index contributed by atoms with van der Waals surface area (Å²) in [6.07, 6.45) is -0.00702. The lowest BCUT2D eigenvalue weighted by Crippen LogP contribution is -2.44. The van der Waals surface area contributed by atoms with Crippen molar-refractivity contribution in [2.45, 2.75) is 32.1 Å². The topological polar surface area (TPSA) is 97.3 Å². The largest absolute Gasteiger partial charge is 0.494 e. The smallest absolute Gasteiger partial charge is 0.338 e. The lowest BCUT2D eigenvalue weighted by molar-refractivity contribution is -0.129. The first-order valence-corrected chi connectivity index (χ1v) is 13.7. The fourth-order valence-corrected chi connectivity index (χ4v) is 5.14. The third-order valence-corrected chi connectivity index (χ3v) is 7.29. The van der Waals surface area contributed by atoms with Crippen molar-refractivity contribution in [3.05, 3.63) is 88.9 Å². The van der Waals surface area contributed by atoms with Crippen LogP contribution < -0.4 is 10.1 Å². The highest BCUT2D eigenvalue weighted by Crippen LogP contribution is 2.32. The second kappa shape index (κ2) is 13.3. The summed E-state index contributed by atoms with van der Waals surface area (Å²) in [5.74, 6) is -0.352. The van der Waals surface area contributed by atoms with Crippen LogP contribution in [-0.4, -0.2) is 46.3 Å². The van der Waals surface area contributed by atoms with Gasteiger partial charge in [0.2, 0.25) is 11.8 Å². The summed E-state index contributed by atoms with van der Waals surface area (Å²) < 4.78 is 10.6. The Bertz CT molecular complexity index is 1380. The maximum absolute atomic E-state index is 13.4. The van der Waals surface area contributed by atoms with Crippen LogP contribution in [0.5, 0.6) is 5.75 Å². The van der Waals surface area contributed by atoms with Gasteiger partial charge in [0.25, 0.3) is 0 Å². The summed E-state index contributed by atoms with van der Waals surface area (Å²) in [5, 5.41) is 3.07. The molecule has 2 amide bonds. The number of amidine groups is 1. The third-order valence-electron chi connectivity index (χ3n) is 5.73. The van der Waals surface area contributed by atoms with E-state index in [-0.39, 0.29) is 31.4 Å². The van der Waals surface area contributed by atoms with Crippen LogP contribution in [0.1, 0.15) is 36.2 Å². The number of hydrogen-bond acceptors (Lipinski definition) is 7. The van der Waals surface area contributed by atoms with Crippen LogP contribution in [0.15, 0.2) is 77.8 Å². The predicted octanol–water partition coefficient (Wildman–Crippen LogP) is 6.08. The molecular weight excluding hydrogens is 538 g/mol. The van der Waals surface area contributed by atoms with Gasteiger partial charge in [0.1, 0.15) is 11.0 Å². The molecule has 8 nitrogen and oxygen atoms in total. The first-order chi connectivity index (χ1) is 18.9. The number of carbonyl (C=O) groups excluding carboxylic acids is 3. The summed E-state index contributed by atoms with van der Waals surface area (Å²) in [6.45, 7) is 4.61. The van der Waals surface area contributed by atoms with E-state index in [9.17, 15) is 14.4 Å². The third kappa shape index (κ3) is 7.40. The van der Waals surface area contributed by atoms with Gasteiger partial charge in [-0.1, -0.05) is 47.6 Å². The van der Waals surface area contributed by atoms with E-state index < -0.39 is 11.2 Å². The summed E-state index contributed by atoms with van der Waals surface area (Å²) in [7, 11) is 0. The Kier molecular flexibility index (Phi) is 9.62. The van der Waals surface area contributed by atoms with Crippen LogP contribution in [0, 0.1) is 0 Å². The van der Waals surface area contributed by atoms with Crippen LogP contribution in [0.4, 0.5) is 11.4 Å². The number of hydrogen-bond donors (Lipinski definition) is 1. The number of anilines is 1. The second-order valence-corrected chi connectivity index (χ2v) is 10.1. The Balaban J connectivity index is 1.59. The molecule has 0 aromatic heterocycles. The highest BCUT2D eigenvalue weighted by molar-refractivity contribution is 8.15. The maximum atomic E-state index is 13.4. The molecule has 39 heavy (non-hydrogen) atoms. The minimum Gasteiger partial charge on any atom is -0.494 e. The molecule has 0 aliphatic carbocycles. The minimum absolute atomic E-state index is 0.00702. The zero-order valence-corrected chi connectivity index (χ0v) is 23.1. The van der Waals surface area contributed by atoms with Gasteiger partial charge in [0, 0.05) is 23.2 Å². The van der Waals surface area contributed by atoms with Crippen LogP contribution in [0.3, 0.4) is 0 Å². The Morgan fingerprint density at radius 1 is 1.05 bits per heavy atom. The standard InChI is InChI=1S/C29H28ClN3O5S/c1-3-37-23-10-7-9-22(16-23)31-27(35)25-17-26(34)33(18-20-8-5-6-11-24(20)30)29(39-25)32-21-14-12-19(13-15-21)28(36)38-4-2/h5-16,25H,3-4,17-18H2,1-2H3,(H,31,35)/t25-/m0/s1. The molecule has 10 heteroatoms. The minimum atomic E-state index is -0.701. The van der Waals surface area contributed by atoms with Crippen LogP contribution in [0.25, 0.3) is 0 Å². The SMILES string of the molecule is CCOC(=O)c1ccc(N=C2S[C@H](C(=O)Nc3cccc(OCC)c3)CC(=O)N2Cc2ccccc2Cl)cc1. The normalized spacial score (nSPS) is 16.2. The van der Waals surface area contributed by atoms with Gasteiger partial charge in [0.15, 0.2) is 5.17 Å². The number of esters is 1. The average Bonchev–Trinajstić information content (AvgIpc) is 2.92. The number of carbonyl (C=O) groups is 3. The Labute approximate surface area is 236 Å². The van der Waals surface area contributed by atoms with Gasteiger partial charge in [-0.25, -0.2) is 9.79 Å². The quantitative estimate of drug-likeness (QED) is 0.316. The van der Waals surface area contributed by atoms with E-state index in [1.165, 1.54) is 16.7 Å². The molecule has 1 aliphatic rings. The van der Waals surface area contributed by atoms with Gasteiger partial charge < -0.3 is 14.8 Å². The van der Waals surface area contributed by atoms with Crippen molar-refractivity contribution in [2.75, 3.05) is 18.5 Å². The van der Waals surface area contributed by atoms with E-state index in [4.69, 9.17) is 21.1 Å². The zero-order chi connectivity index (χ0) is 27.8. The van der Waals surface area contributed by atoms with Gasteiger partial charge in [-0.3, -0.25) is 14.5 Å². The second-order valence-electron chi connectivity index (χ2n) is 8.49. The number of halogens is 1. The number of amides is 2. The monoisotopic (exact) mass is 565 g/mol. The van der Waals surface area contributed by atoms with Gasteiger partial charge in [-0.2, -0.15) is 0 Å². The van der Waals surface area contributed by atoms with Crippen molar-refractivity contribution in [1.82, 2.24) is 4.90 Å². The number of ether oxygens (including phenoxy) is 2. The predicted molar refractivity (Wildman–Crippen MR) is 154 cm³/mol. The molecule has 0 saturated carbocycles. The molecule has 0 radical (unpaired) electrons. The molecule has 0 unspecified atom stereocenters. The summed E-state index contributed by atoms with van der Waals surface area (Å²) in [5.41, 5.74) is 2.25. The zero-order valence-electron chi connectivity index (χ0n) is 21.6. The molecule has 1 heterocycles. The molecule has 0 spiro atoms. The number of thioether (sulfide) groups is 1. The van der Waals surface area contributed by atoms with Crippen molar-refractivity contribution in [3.63, 3.8) is 0 Å². The summed E-state index contributed by atoms with van der Waals surface area (Å²) in [4.78, 5) is 44.8. The van der Waals surface area contributed by atoms with Crippen molar-refractivity contribution in [2.24, 2.45) is 4.99 Å². The molecule has 1 fully saturated rings. The summed E-state index contributed by atoms with van der Waals surface area (Å²) in [6, 6.07) is 20.9. The number of nitrogens with one attached hydrogen (secondary N) is 1. The fourth-order valence-electron chi connectivity index (χ4n) is 3.84. The fraction of sp³-hybridized carbons (Fsp3) is 0.241. The van der Waals surface area contributed by atoms with E-state index in [1.807, 2.05) is 31.2 Å². The van der Waals surface area contributed by atoms with E-state index in [0.29, 0.717) is 39.5 Å². The molecule has 1 saturated heterocycles. The van der Waals surface area contributed by atoms with Crippen molar-refractivity contribution in [3.8, 4) is 5.75 Å². The first kappa shape index (κ1) is 28.2. The van der Waals surface area contributed by atoms with Gasteiger partial charge in [-0.15, -0.1) is 0 Å². The molecule has 3 aromatic carbocycles. The first-order valence-electron chi connectivity index (χ1n) is 12.5. The van der Waals surface area contributed by atoms with Crippen molar-refractivity contribution >= 4 is 57.7 Å². The van der Waals surface area contributed by atoms with Crippen LogP contribution in [0.2, 0.25) is 5.02 Å². The maximum Gasteiger partial charge on any atom is 0.338 e. The molecule has 1 atom stereocenters. The lowest BCUT2D eigenvalue weighted by atomic mass is 10.2. The number of rotatable bonds is 9. The molecule has 1 N–H and O–H groups in total. The molecule has 0 bridgehead atoms. The highest BCUT2D eigenvalue weighted by atomic mass is 35.5. The molecule has 1 aliphatic heterocycles. The number of nitrogens with zero attached hydrogens (tertiary/aromatic N) is 2. The molecule has 3 aromatic rings. The van der Waals surface area contributed by atoms with E-state index in [1.54, 1.807) is 55.5 Å². The van der Waals surface area contributed by atoms with E-state index in [0.717, 1.165) is 5.56 Å². The van der Waals surface area contributed by atoms with E-state index >= 15 is 0 Å². The van der Waals surface area contributed by atoms with Crippen molar-refractivity contribution < 1.29 is 23.9 Å². The van der Waals surface area contributed by atoms with Crippen LogP contribution in [-0.2, 0) is 20.9 Å². The summed E-state index contributed by atoms with van der Waals surface area (Å²) >= 11 is 7.57. The number of benzene rings is 3. The lowest BCUT2D eigenvalue weighted by Gasteiger charge is -2.32. The Hall–Kier alpha value is -3.82. The van der Waals surface area contributed by atoms with Crippen LogP contribution >= 0.6 is 23.4 Å². The Morgan fingerprint density at radius 3 is 2.54 bits per heavy atom. The van der Waals surface area contributed by atoms with Gasteiger partial charge in [0.05, 0.1) is 31.0 Å². The molecule has 202 valence electrons. The highest BCUT2D eigenvalue weighted by Gasteiger charge is 2.36. The van der Waals surface area contributed by atoms with Crippen molar-refractivity contribution in [1.29, 1.82) is 0 Å². The van der Waals surface area contributed by atoms with E-state index in [2.05, 4.69) is 10.3 Å². The van der Waals surface area contributed by atoms with Gasteiger partial charge in [-0.05, 0) is 61.9 Å².